The summed E-state index contributed by atoms with van der Waals surface area (Å²) in [5.74, 6) is 0. The van der Waals surface area contributed by atoms with Gasteiger partial charge in [0.05, 0.1) is 5.38 Å². The molecule has 0 N–H and O–H groups in total. The van der Waals surface area contributed by atoms with E-state index in [9.17, 15) is 0 Å². The summed E-state index contributed by atoms with van der Waals surface area (Å²) < 4.78 is 0. The summed E-state index contributed by atoms with van der Waals surface area (Å²) in [5, 5.41) is 0.106. The smallest absolute Gasteiger partial charge is 0.0712 e. The third kappa shape index (κ3) is 6.28. The Balaban J connectivity index is 2.55. The maximum atomic E-state index is 6.61. The van der Waals surface area contributed by atoms with Gasteiger partial charge in [-0.15, -0.1) is 11.6 Å². The quantitative estimate of drug-likeness (QED) is 0.520. The van der Waals surface area contributed by atoms with Crippen LogP contribution in [0.2, 0.25) is 0 Å². The van der Waals surface area contributed by atoms with Crippen molar-refractivity contribution in [3.63, 3.8) is 0 Å². The van der Waals surface area contributed by atoms with Crippen LogP contribution in [0, 0.1) is 0 Å². The molecule has 0 radical (unpaired) electrons. The first-order valence-electron chi connectivity index (χ1n) is 8.16. The summed E-state index contributed by atoms with van der Waals surface area (Å²) in [6.45, 7) is 10.00. The maximum absolute atomic E-state index is 6.61. The normalized spacial score (nSPS) is 12.8. The second kappa shape index (κ2) is 10.2. The van der Waals surface area contributed by atoms with Crippen LogP contribution in [-0.2, 0) is 6.42 Å². The Morgan fingerprint density at radius 2 is 1.50 bits per heavy atom. The van der Waals surface area contributed by atoms with Gasteiger partial charge in [-0.1, -0.05) is 57.9 Å². The fourth-order valence-corrected chi connectivity index (χ4v) is 2.69. The molecule has 0 aromatic heterocycles. The SMILES string of the molecule is CCCCN(CCCC)CC(Cl)c1ccc(CC)cc1. The van der Waals surface area contributed by atoms with Crippen LogP contribution in [0.15, 0.2) is 24.3 Å². The lowest BCUT2D eigenvalue weighted by atomic mass is 10.1. The molecule has 0 saturated heterocycles. The van der Waals surface area contributed by atoms with Crippen LogP contribution in [0.3, 0.4) is 0 Å². The minimum absolute atomic E-state index is 0.106. The van der Waals surface area contributed by atoms with E-state index >= 15 is 0 Å². The zero-order valence-corrected chi connectivity index (χ0v) is 14.1. The van der Waals surface area contributed by atoms with Gasteiger partial charge in [0.2, 0.25) is 0 Å². The molecular formula is C18H30ClN. The van der Waals surface area contributed by atoms with Crippen molar-refractivity contribution in [2.24, 2.45) is 0 Å². The van der Waals surface area contributed by atoms with Gasteiger partial charge in [0.1, 0.15) is 0 Å². The van der Waals surface area contributed by atoms with Crippen molar-refractivity contribution in [3.05, 3.63) is 35.4 Å². The minimum atomic E-state index is 0.106. The van der Waals surface area contributed by atoms with Crippen LogP contribution in [0.25, 0.3) is 0 Å². The van der Waals surface area contributed by atoms with Crippen LogP contribution in [-0.4, -0.2) is 24.5 Å². The Labute approximate surface area is 130 Å². The molecule has 0 aliphatic heterocycles. The Morgan fingerprint density at radius 1 is 0.950 bits per heavy atom. The van der Waals surface area contributed by atoms with Crippen molar-refractivity contribution in [1.29, 1.82) is 0 Å². The summed E-state index contributed by atoms with van der Waals surface area (Å²) in [4.78, 5) is 2.53. The van der Waals surface area contributed by atoms with Crippen molar-refractivity contribution < 1.29 is 0 Å². The van der Waals surface area contributed by atoms with Crippen molar-refractivity contribution in [1.82, 2.24) is 4.90 Å². The molecule has 0 heterocycles. The zero-order chi connectivity index (χ0) is 14.8. The summed E-state index contributed by atoms with van der Waals surface area (Å²) in [5.41, 5.74) is 2.63. The average molecular weight is 296 g/mol. The van der Waals surface area contributed by atoms with Crippen molar-refractivity contribution in [3.8, 4) is 0 Å². The third-order valence-electron chi connectivity index (χ3n) is 3.82. The summed E-state index contributed by atoms with van der Waals surface area (Å²) >= 11 is 6.61. The van der Waals surface area contributed by atoms with E-state index in [1.165, 1.54) is 49.9 Å². The predicted octanol–water partition coefficient (Wildman–Crippen LogP) is 5.43. The number of hydrogen-bond donors (Lipinski definition) is 0. The van der Waals surface area contributed by atoms with Gasteiger partial charge in [0, 0.05) is 6.54 Å². The van der Waals surface area contributed by atoms with E-state index in [1.807, 2.05) is 0 Å². The van der Waals surface area contributed by atoms with Crippen LogP contribution in [0.1, 0.15) is 63.0 Å². The molecule has 0 aliphatic rings. The molecule has 0 spiro atoms. The minimum Gasteiger partial charge on any atom is -0.302 e. The number of halogens is 1. The summed E-state index contributed by atoms with van der Waals surface area (Å²) in [6, 6.07) is 8.78. The highest BCUT2D eigenvalue weighted by atomic mass is 35.5. The van der Waals surface area contributed by atoms with Gasteiger partial charge in [-0.25, -0.2) is 0 Å². The van der Waals surface area contributed by atoms with E-state index in [0.29, 0.717) is 0 Å². The molecule has 114 valence electrons. The lowest BCUT2D eigenvalue weighted by Gasteiger charge is -2.24. The topological polar surface area (TPSA) is 3.24 Å². The number of hydrogen-bond acceptors (Lipinski definition) is 1. The monoisotopic (exact) mass is 295 g/mol. The number of alkyl halides is 1. The van der Waals surface area contributed by atoms with E-state index in [4.69, 9.17) is 11.6 Å². The molecular weight excluding hydrogens is 266 g/mol. The lowest BCUT2D eigenvalue weighted by Crippen LogP contribution is -2.29. The van der Waals surface area contributed by atoms with E-state index in [2.05, 4.69) is 49.9 Å². The van der Waals surface area contributed by atoms with Gasteiger partial charge >= 0.3 is 0 Å². The molecule has 2 heteroatoms. The Bertz CT molecular complexity index is 339. The molecule has 0 fully saturated rings. The molecule has 20 heavy (non-hydrogen) atoms. The number of rotatable bonds is 10. The van der Waals surface area contributed by atoms with E-state index in [0.717, 1.165) is 13.0 Å². The first-order valence-corrected chi connectivity index (χ1v) is 8.60. The highest BCUT2D eigenvalue weighted by Crippen LogP contribution is 2.22. The van der Waals surface area contributed by atoms with Crippen LogP contribution >= 0.6 is 11.6 Å². The second-order valence-corrected chi connectivity index (χ2v) is 6.10. The largest absolute Gasteiger partial charge is 0.302 e. The zero-order valence-electron chi connectivity index (χ0n) is 13.4. The molecule has 1 nitrogen and oxygen atoms in total. The van der Waals surface area contributed by atoms with Gasteiger partial charge in [-0.2, -0.15) is 0 Å². The molecule has 1 atom stereocenters. The molecule has 1 unspecified atom stereocenters. The standard InChI is InChI=1S/C18H30ClN/c1-4-7-13-20(14-8-5-2)15-18(19)17-11-9-16(6-3)10-12-17/h9-12,18H,4-8,13-15H2,1-3H3. The third-order valence-corrected chi connectivity index (χ3v) is 4.21. The second-order valence-electron chi connectivity index (χ2n) is 5.57. The number of benzene rings is 1. The molecule has 1 aromatic carbocycles. The fourth-order valence-electron chi connectivity index (χ4n) is 2.35. The van der Waals surface area contributed by atoms with Crippen molar-refractivity contribution >= 4 is 11.6 Å². The number of aryl methyl sites for hydroxylation is 1. The Morgan fingerprint density at radius 3 is 1.95 bits per heavy atom. The molecule has 1 aromatic rings. The highest BCUT2D eigenvalue weighted by molar-refractivity contribution is 6.21. The maximum Gasteiger partial charge on any atom is 0.0712 e. The Kier molecular flexibility index (Phi) is 8.97. The molecule has 0 bridgehead atoms. The summed E-state index contributed by atoms with van der Waals surface area (Å²) in [7, 11) is 0. The predicted molar refractivity (Wildman–Crippen MR) is 90.7 cm³/mol. The van der Waals surface area contributed by atoms with E-state index in [-0.39, 0.29) is 5.38 Å². The first kappa shape index (κ1) is 17.5. The Hall–Kier alpha value is -0.530. The van der Waals surface area contributed by atoms with Gasteiger partial charge < -0.3 is 4.90 Å². The number of unbranched alkanes of at least 4 members (excludes halogenated alkanes) is 2. The van der Waals surface area contributed by atoms with Gasteiger partial charge in [-0.3, -0.25) is 0 Å². The van der Waals surface area contributed by atoms with Gasteiger partial charge in [0.15, 0.2) is 0 Å². The fraction of sp³-hybridized carbons (Fsp3) is 0.667. The molecule has 0 amide bonds. The average Bonchev–Trinajstić information content (AvgIpc) is 2.49. The van der Waals surface area contributed by atoms with Crippen LogP contribution in [0.4, 0.5) is 0 Å². The van der Waals surface area contributed by atoms with E-state index < -0.39 is 0 Å². The molecule has 0 saturated carbocycles. The lowest BCUT2D eigenvalue weighted by molar-refractivity contribution is 0.265. The van der Waals surface area contributed by atoms with Crippen LogP contribution in [0.5, 0.6) is 0 Å². The first-order chi connectivity index (χ1) is 9.71. The van der Waals surface area contributed by atoms with E-state index in [1.54, 1.807) is 0 Å². The van der Waals surface area contributed by atoms with Crippen molar-refractivity contribution in [2.45, 2.75) is 58.3 Å². The molecule has 0 aliphatic carbocycles. The summed E-state index contributed by atoms with van der Waals surface area (Å²) in [6.07, 6.45) is 6.12. The van der Waals surface area contributed by atoms with Gasteiger partial charge in [0.25, 0.3) is 0 Å². The van der Waals surface area contributed by atoms with Crippen LogP contribution < -0.4 is 0 Å². The van der Waals surface area contributed by atoms with Crippen molar-refractivity contribution in [2.75, 3.05) is 19.6 Å². The number of nitrogens with zero attached hydrogens (tertiary/aromatic N) is 1. The highest BCUT2D eigenvalue weighted by Gasteiger charge is 2.13. The van der Waals surface area contributed by atoms with Gasteiger partial charge in [-0.05, 0) is 43.5 Å². The molecule has 1 rings (SSSR count).